The van der Waals surface area contributed by atoms with Crippen LogP contribution in [0.15, 0.2) is 0 Å². The molecule has 0 aliphatic rings. The average Bonchev–Trinajstić information content (AvgIpc) is 3.01. The van der Waals surface area contributed by atoms with Gasteiger partial charge in [-0.15, -0.1) is 0 Å². The number of unbranched alkanes of at least 4 members (excludes halogenated alkanes) is 33. The monoisotopic (exact) mass is 652 g/mol. The summed E-state index contributed by atoms with van der Waals surface area (Å²) in [4.78, 5) is 10.2. The Morgan fingerprint density at radius 1 is 0.348 bits per heavy atom. The lowest BCUT2D eigenvalue weighted by Crippen LogP contribution is -2.35. The van der Waals surface area contributed by atoms with Crippen LogP contribution < -0.4 is 5.11 Å². The van der Waals surface area contributed by atoms with Gasteiger partial charge in [-0.1, -0.05) is 219 Å². The molecule has 0 saturated heterocycles. The lowest BCUT2D eigenvalue weighted by molar-refractivity contribution is -0.870. The second-order valence-corrected chi connectivity index (χ2v) is 15.8. The summed E-state index contributed by atoms with van der Waals surface area (Å²) in [5.74, 6) is -0.903. The average molecular weight is 652 g/mol. The number of carbonyl (C=O) groups is 1. The van der Waals surface area contributed by atoms with E-state index in [9.17, 15) is 9.90 Å². The second kappa shape index (κ2) is 40.6. The molecule has 0 aliphatic heterocycles. The van der Waals surface area contributed by atoms with Crippen molar-refractivity contribution in [2.75, 3.05) is 27.7 Å². The van der Waals surface area contributed by atoms with Crippen molar-refractivity contribution in [3.05, 3.63) is 0 Å². The lowest BCUT2D eigenvalue weighted by atomic mass is 10.0. The summed E-state index contributed by atoms with van der Waals surface area (Å²) < 4.78 is 1.12. The third-order valence-electron chi connectivity index (χ3n) is 9.67. The van der Waals surface area contributed by atoms with E-state index in [1.807, 2.05) is 0 Å². The largest absolute Gasteiger partial charge is 0.550 e. The summed E-state index contributed by atoms with van der Waals surface area (Å²) >= 11 is 0. The van der Waals surface area contributed by atoms with Gasteiger partial charge in [-0.25, -0.2) is 0 Å². The van der Waals surface area contributed by atoms with E-state index in [1.165, 1.54) is 218 Å². The molecule has 46 heavy (non-hydrogen) atoms. The highest BCUT2D eigenvalue weighted by Crippen LogP contribution is 2.16. The van der Waals surface area contributed by atoms with Crippen molar-refractivity contribution < 1.29 is 14.4 Å². The quantitative estimate of drug-likeness (QED) is 0.0495. The Hall–Kier alpha value is -0.570. The van der Waals surface area contributed by atoms with Crippen LogP contribution in [0.4, 0.5) is 0 Å². The Morgan fingerprint density at radius 2 is 0.543 bits per heavy atom. The number of carbonyl (C=O) groups excluding carboxylic acids is 1. The summed E-state index contributed by atoms with van der Waals surface area (Å²) in [5, 5.41) is 10.2. The molecular formula is C43H89NO2. The SMILES string of the molecule is CCCCCCCCCCCCCCCCCC(=O)[O-].CCCCCCCCCCCCCCCCCCCCCC[N+](C)(C)C. The molecule has 0 saturated carbocycles. The van der Waals surface area contributed by atoms with E-state index in [0.29, 0.717) is 0 Å². The first-order valence-corrected chi connectivity index (χ1v) is 21.3. The van der Waals surface area contributed by atoms with Crippen LogP contribution in [0, 0.1) is 0 Å². The molecule has 0 unspecified atom stereocenters. The maximum absolute atomic E-state index is 10.2. The zero-order valence-electron chi connectivity index (χ0n) is 32.9. The van der Waals surface area contributed by atoms with Crippen molar-refractivity contribution in [2.45, 2.75) is 245 Å². The molecule has 0 atom stereocenters. The number of nitrogens with zero attached hydrogens (tertiary/aromatic N) is 1. The molecule has 3 heteroatoms. The van der Waals surface area contributed by atoms with E-state index in [1.54, 1.807) is 0 Å². The van der Waals surface area contributed by atoms with Crippen molar-refractivity contribution >= 4 is 5.97 Å². The predicted molar refractivity (Wildman–Crippen MR) is 205 cm³/mol. The number of hydrogen-bond acceptors (Lipinski definition) is 2. The van der Waals surface area contributed by atoms with Gasteiger partial charge in [-0.2, -0.15) is 0 Å². The van der Waals surface area contributed by atoms with Gasteiger partial charge >= 0.3 is 0 Å². The molecule has 0 heterocycles. The molecule has 0 N–H and O–H groups in total. The molecule has 0 aromatic carbocycles. The summed E-state index contributed by atoms with van der Waals surface area (Å²) in [5.41, 5.74) is 0. The third-order valence-corrected chi connectivity index (χ3v) is 9.67. The molecule has 0 spiro atoms. The molecule has 0 aliphatic carbocycles. The molecule has 0 rings (SSSR count). The van der Waals surface area contributed by atoms with Gasteiger partial charge in [0, 0.05) is 5.97 Å². The van der Waals surface area contributed by atoms with Crippen molar-refractivity contribution in [3.8, 4) is 0 Å². The van der Waals surface area contributed by atoms with Gasteiger partial charge in [0.25, 0.3) is 0 Å². The van der Waals surface area contributed by atoms with Gasteiger partial charge < -0.3 is 14.4 Å². The Kier molecular flexibility index (Phi) is 42.0. The third kappa shape index (κ3) is 50.3. The van der Waals surface area contributed by atoms with E-state index in [-0.39, 0.29) is 6.42 Å². The first kappa shape index (κ1) is 47.5. The Morgan fingerprint density at radius 3 is 0.739 bits per heavy atom. The summed E-state index contributed by atoms with van der Waals surface area (Å²) in [6.07, 6.45) is 49.2. The molecule has 0 aromatic rings. The van der Waals surface area contributed by atoms with Crippen LogP contribution in [0.2, 0.25) is 0 Å². The normalized spacial score (nSPS) is 11.5. The molecule has 3 nitrogen and oxygen atoms in total. The van der Waals surface area contributed by atoms with Crippen LogP contribution in [0.25, 0.3) is 0 Å². The maximum atomic E-state index is 10.2. The standard InChI is InChI=1S/C25H54N.C18H36O2/c1-5-6-7-8-9-10-11-12-13-14-15-16-17-18-19-20-21-22-23-24-25-26(2,3)4;1-2-3-4-5-6-7-8-9-10-11-12-13-14-15-16-17-18(19)20/h5-25H2,1-4H3;2-17H2,1H3,(H,19,20)/q+1;/p-1. The highest BCUT2D eigenvalue weighted by Gasteiger charge is 2.05. The van der Waals surface area contributed by atoms with Crippen molar-refractivity contribution in [3.63, 3.8) is 0 Å². The second-order valence-electron chi connectivity index (χ2n) is 15.8. The number of rotatable bonds is 37. The van der Waals surface area contributed by atoms with Crippen molar-refractivity contribution in [2.24, 2.45) is 0 Å². The molecule has 278 valence electrons. The number of hydrogen-bond donors (Lipinski definition) is 0. The van der Waals surface area contributed by atoms with Crippen LogP contribution in [-0.2, 0) is 4.79 Å². The fourth-order valence-corrected chi connectivity index (χ4v) is 6.48. The van der Waals surface area contributed by atoms with E-state index >= 15 is 0 Å². The zero-order valence-corrected chi connectivity index (χ0v) is 32.9. The van der Waals surface area contributed by atoms with E-state index in [2.05, 4.69) is 35.0 Å². The van der Waals surface area contributed by atoms with Gasteiger partial charge in [0.05, 0.1) is 27.7 Å². The topological polar surface area (TPSA) is 40.1 Å². The Bertz CT molecular complexity index is 555. The minimum Gasteiger partial charge on any atom is -0.550 e. The molecule has 0 aromatic heterocycles. The van der Waals surface area contributed by atoms with E-state index < -0.39 is 5.97 Å². The van der Waals surface area contributed by atoms with Crippen LogP contribution in [0.3, 0.4) is 0 Å². The lowest BCUT2D eigenvalue weighted by Gasteiger charge is -2.23. The van der Waals surface area contributed by atoms with Crippen LogP contribution in [0.5, 0.6) is 0 Å². The predicted octanol–water partition coefficient (Wildman–Crippen LogP) is 13.5. The van der Waals surface area contributed by atoms with E-state index in [4.69, 9.17) is 0 Å². The van der Waals surface area contributed by atoms with Gasteiger partial charge in [0.15, 0.2) is 0 Å². The summed E-state index contributed by atoms with van der Waals surface area (Å²) in [7, 11) is 6.90. The van der Waals surface area contributed by atoms with Gasteiger partial charge in [-0.3, -0.25) is 0 Å². The van der Waals surface area contributed by atoms with Crippen LogP contribution in [0.1, 0.15) is 245 Å². The number of carboxylic acid groups (broad SMARTS) is 1. The Balaban J connectivity index is 0. The Labute approximate surface area is 292 Å². The highest BCUT2D eigenvalue weighted by atomic mass is 16.4. The van der Waals surface area contributed by atoms with Crippen LogP contribution in [-0.4, -0.2) is 38.1 Å². The minimum atomic E-state index is -0.903. The molecular weight excluding hydrogens is 562 g/mol. The van der Waals surface area contributed by atoms with E-state index in [0.717, 1.165) is 17.3 Å². The zero-order chi connectivity index (χ0) is 34.2. The maximum Gasteiger partial charge on any atom is 0.0780 e. The summed E-state index contributed by atoms with van der Waals surface area (Å²) in [6, 6.07) is 0. The van der Waals surface area contributed by atoms with Gasteiger partial charge in [0.2, 0.25) is 0 Å². The molecule has 0 fully saturated rings. The van der Waals surface area contributed by atoms with Gasteiger partial charge in [0.1, 0.15) is 0 Å². The van der Waals surface area contributed by atoms with Crippen LogP contribution >= 0.6 is 0 Å². The van der Waals surface area contributed by atoms with Gasteiger partial charge in [-0.05, 0) is 25.7 Å². The first-order valence-electron chi connectivity index (χ1n) is 21.3. The summed E-state index contributed by atoms with van der Waals surface area (Å²) in [6.45, 7) is 5.90. The van der Waals surface area contributed by atoms with Crippen molar-refractivity contribution in [1.82, 2.24) is 0 Å². The molecule has 0 amide bonds. The smallest absolute Gasteiger partial charge is 0.0780 e. The number of aliphatic carboxylic acids is 1. The number of carboxylic acids is 1. The molecule has 0 bridgehead atoms. The fraction of sp³-hybridized carbons (Fsp3) is 0.977. The fourth-order valence-electron chi connectivity index (χ4n) is 6.48. The molecule has 0 radical (unpaired) electrons. The first-order chi connectivity index (χ1) is 22.3. The van der Waals surface area contributed by atoms with Crippen molar-refractivity contribution in [1.29, 1.82) is 0 Å². The number of quaternary nitrogens is 1. The minimum absolute atomic E-state index is 0.234. The highest BCUT2D eigenvalue weighted by molar-refractivity contribution is 5.64.